The molecule has 8 heteroatoms. The van der Waals surface area contributed by atoms with Crippen molar-refractivity contribution in [2.24, 2.45) is 0 Å². The summed E-state index contributed by atoms with van der Waals surface area (Å²) in [6, 6.07) is 20.5. The molecule has 8 nitrogen and oxygen atoms in total. The summed E-state index contributed by atoms with van der Waals surface area (Å²) in [6.45, 7) is 5.07. The summed E-state index contributed by atoms with van der Waals surface area (Å²) < 4.78 is 11.3. The fourth-order valence-corrected chi connectivity index (χ4v) is 5.17. The van der Waals surface area contributed by atoms with Gasteiger partial charge < -0.3 is 14.6 Å². The van der Waals surface area contributed by atoms with Crippen LogP contribution in [0.25, 0.3) is 0 Å². The number of cyclic esters (lactones) is 1. The van der Waals surface area contributed by atoms with Gasteiger partial charge in [-0.25, -0.2) is 14.6 Å². The van der Waals surface area contributed by atoms with Gasteiger partial charge in [-0.15, -0.1) is 0 Å². The molecule has 2 aliphatic heterocycles. The number of carboxylic acids is 1. The molecule has 2 fully saturated rings. The molecule has 2 aromatic carbocycles. The van der Waals surface area contributed by atoms with Crippen LogP contribution in [0.3, 0.4) is 0 Å². The molecule has 0 bridgehead atoms. The average Bonchev–Trinajstić information content (AvgIpc) is 3.32. The lowest BCUT2D eigenvalue weighted by Crippen LogP contribution is -2.46. The number of pyridine rings is 1. The van der Waals surface area contributed by atoms with Crippen molar-refractivity contribution in [2.75, 3.05) is 19.7 Å². The van der Waals surface area contributed by atoms with Crippen molar-refractivity contribution in [2.45, 2.75) is 44.8 Å². The highest BCUT2D eigenvalue weighted by molar-refractivity contribution is 5.87. The maximum Gasteiger partial charge on any atom is 0.410 e. The largest absolute Gasteiger partial charge is 0.478 e. The minimum atomic E-state index is -0.970. The number of carboxylic acid groups (broad SMARTS) is 1. The molecule has 0 aliphatic carbocycles. The molecule has 0 radical (unpaired) electrons. The van der Waals surface area contributed by atoms with E-state index in [1.54, 1.807) is 12.1 Å². The van der Waals surface area contributed by atoms with Gasteiger partial charge >= 0.3 is 12.1 Å². The van der Waals surface area contributed by atoms with Gasteiger partial charge in [0.05, 0.1) is 11.6 Å². The maximum atomic E-state index is 12.6. The number of benzene rings is 2. The van der Waals surface area contributed by atoms with Gasteiger partial charge in [0.1, 0.15) is 12.4 Å². The number of carbonyl (C=O) groups is 2. The van der Waals surface area contributed by atoms with Crippen LogP contribution in [-0.2, 0) is 17.7 Å². The summed E-state index contributed by atoms with van der Waals surface area (Å²) in [5.41, 5.74) is 3.48. The molecule has 5 rings (SSSR count). The molecule has 3 heterocycles. The van der Waals surface area contributed by atoms with E-state index in [0.29, 0.717) is 18.2 Å². The molecule has 2 saturated heterocycles. The minimum Gasteiger partial charge on any atom is -0.478 e. The summed E-state index contributed by atoms with van der Waals surface area (Å²) in [4.78, 5) is 32.7. The number of ether oxygens (including phenoxy) is 2. The predicted molar refractivity (Wildman–Crippen MR) is 138 cm³/mol. The van der Waals surface area contributed by atoms with E-state index in [-0.39, 0.29) is 23.7 Å². The Labute approximate surface area is 216 Å². The third-order valence-electron chi connectivity index (χ3n) is 7.14. The zero-order valence-electron chi connectivity index (χ0n) is 20.9. The summed E-state index contributed by atoms with van der Waals surface area (Å²) in [5, 5.41) is 9.06. The lowest BCUT2D eigenvalue weighted by atomic mass is 9.98. The zero-order valence-corrected chi connectivity index (χ0v) is 20.9. The second-order valence-corrected chi connectivity index (χ2v) is 9.46. The Balaban J connectivity index is 1.20. The van der Waals surface area contributed by atoms with Gasteiger partial charge in [0, 0.05) is 37.4 Å². The number of nitrogens with zero attached hydrogens (tertiary/aromatic N) is 3. The van der Waals surface area contributed by atoms with Crippen LogP contribution in [0.15, 0.2) is 66.7 Å². The molecule has 37 heavy (non-hydrogen) atoms. The van der Waals surface area contributed by atoms with Crippen LogP contribution in [0.4, 0.5) is 4.79 Å². The number of aromatic nitrogens is 1. The van der Waals surface area contributed by atoms with E-state index >= 15 is 0 Å². The minimum absolute atomic E-state index is 0.0194. The van der Waals surface area contributed by atoms with E-state index in [2.05, 4.69) is 30.0 Å². The molecule has 192 valence electrons. The second-order valence-electron chi connectivity index (χ2n) is 9.46. The monoisotopic (exact) mass is 501 g/mol. The standard InChI is InChI=1S/C29H31N3O5/c1-2-25-22(10-13-27(30-25)37-24-11-8-21(9-12-24)28(33)34)18-31-16-14-23(15-17-31)32-26(19-36-29(32)35)20-6-4-3-5-7-20/h3-13,23,26H,2,14-19H2,1H3,(H,33,34)/t26-/m0/s1. The fourth-order valence-electron chi connectivity index (χ4n) is 5.17. The fraction of sp³-hybridized carbons (Fsp3) is 0.345. The molecule has 0 unspecified atom stereocenters. The Morgan fingerprint density at radius 1 is 1.05 bits per heavy atom. The van der Waals surface area contributed by atoms with E-state index in [4.69, 9.17) is 19.6 Å². The first-order valence-corrected chi connectivity index (χ1v) is 12.7. The Kier molecular flexibility index (Phi) is 7.37. The molecule has 0 spiro atoms. The second kappa shape index (κ2) is 11.0. The van der Waals surface area contributed by atoms with Crippen molar-refractivity contribution < 1.29 is 24.2 Å². The summed E-state index contributed by atoms with van der Waals surface area (Å²) >= 11 is 0. The Morgan fingerprint density at radius 3 is 2.46 bits per heavy atom. The van der Waals surface area contributed by atoms with Crippen LogP contribution in [0, 0.1) is 0 Å². The van der Waals surface area contributed by atoms with Crippen LogP contribution in [0.5, 0.6) is 11.6 Å². The van der Waals surface area contributed by atoms with E-state index < -0.39 is 5.97 Å². The number of aromatic carboxylic acids is 1. The predicted octanol–water partition coefficient (Wildman–Crippen LogP) is 5.29. The number of carbonyl (C=O) groups excluding carboxylic acids is 1. The molecule has 2 aliphatic rings. The number of aryl methyl sites for hydroxylation is 1. The van der Waals surface area contributed by atoms with Gasteiger partial charge in [0.15, 0.2) is 0 Å². The number of likely N-dealkylation sites (tertiary alicyclic amines) is 1. The zero-order chi connectivity index (χ0) is 25.8. The molecule has 0 saturated carbocycles. The van der Waals surface area contributed by atoms with Crippen molar-refractivity contribution in [3.05, 3.63) is 89.1 Å². The van der Waals surface area contributed by atoms with Gasteiger partial charge in [0.2, 0.25) is 5.88 Å². The highest BCUT2D eigenvalue weighted by atomic mass is 16.6. The summed E-state index contributed by atoms with van der Waals surface area (Å²) in [7, 11) is 0. The number of hydrogen-bond donors (Lipinski definition) is 1. The highest BCUT2D eigenvalue weighted by Crippen LogP contribution is 2.33. The number of piperidine rings is 1. The van der Waals surface area contributed by atoms with Crippen LogP contribution >= 0.6 is 0 Å². The number of hydrogen-bond acceptors (Lipinski definition) is 6. The first kappa shape index (κ1) is 24.8. The van der Waals surface area contributed by atoms with Crippen LogP contribution < -0.4 is 4.74 Å². The van der Waals surface area contributed by atoms with E-state index in [1.165, 1.54) is 12.1 Å². The SMILES string of the molecule is CCc1nc(Oc2ccc(C(=O)O)cc2)ccc1CN1CCC(N2C(=O)OC[C@H]2c2ccccc2)CC1. The lowest BCUT2D eigenvalue weighted by molar-refractivity contribution is 0.0696. The van der Waals surface area contributed by atoms with E-state index in [9.17, 15) is 9.59 Å². The highest BCUT2D eigenvalue weighted by Gasteiger charge is 2.40. The number of rotatable bonds is 8. The van der Waals surface area contributed by atoms with Gasteiger partial charge in [0.25, 0.3) is 0 Å². The molecule has 1 N–H and O–H groups in total. The smallest absolute Gasteiger partial charge is 0.410 e. The maximum absolute atomic E-state index is 12.6. The first-order valence-electron chi connectivity index (χ1n) is 12.7. The molecule has 3 aromatic rings. The molecule has 1 atom stereocenters. The van der Waals surface area contributed by atoms with E-state index in [1.807, 2.05) is 29.2 Å². The summed E-state index contributed by atoms with van der Waals surface area (Å²) in [6.07, 6.45) is 2.37. The van der Waals surface area contributed by atoms with Crippen molar-refractivity contribution >= 4 is 12.1 Å². The third kappa shape index (κ3) is 5.59. The van der Waals surface area contributed by atoms with Crippen LogP contribution in [0.2, 0.25) is 0 Å². The lowest BCUT2D eigenvalue weighted by Gasteiger charge is -2.38. The van der Waals surface area contributed by atoms with Gasteiger partial charge in [-0.3, -0.25) is 9.80 Å². The van der Waals surface area contributed by atoms with E-state index in [0.717, 1.165) is 55.7 Å². The van der Waals surface area contributed by atoms with Gasteiger partial charge in [-0.1, -0.05) is 43.3 Å². The van der Waals surface area contributed by atoms with Crippen molar-refractivity contribution in [3.8, 4) is 11.6 Å². The third-order valence-corrected chi connectivity index (χ3v) is 7.14. The Bertz CT molecular complexity index is 1240. The van der Waals surface area contributed by atoms with Crippen molar-refractivity contribution in [3.63, 3.8) is 0 Å². The van der Waals surface area contributed by atoms with Gasteiger partial charge in [-0.05, 0) is 54.7 Å². The topological polar surface area (TPSA) is 92.2 Å². The van der Waals surface area contributed by atoms with Crippen LogP contribution in [0.1, 0.15) is 53.0 Å². The first-order chi connectivity index (χ1) is 18.0. The molecule has 1 aromatic heterocycles. The average molecular weight is 502 g/mol. The normalized spacial score (nSPS) is 18.6. The van der Waals surface area contributed by atoms with Crippen molar-refractivity contribution in [1.82, 2.24) is 14.8 Å². The van der Waals surface area contributed by atoms with Crippen LogP contribution in [-0.4, -0.2) is 57.7 Å². The molecular formula is C29H31N3O5. The summed E-state index contributed by atoms with van der Waals surface area (Å²) in [5.74, 6) is 0.0632. The molecular weight excluding hydrogens is 470 g/mol. The molecule has 1 amide bonds. The Hall–Kier alpha value is -3.91. The quantitative estimate of drug-likeness (QED) is 0.448. The van der Waals surface area contributed by atoms with Gasteiger partial charge in [-0.2, -0.15) is 0 Å². The number of amides is 1. The Morgan fingerprint density at radius 2 is 1.78 bits per heavy atom. The van der Waals surface area contributed by atoms with Crippen molar-refractivity contribution in [1.29, 1.82) is 0 Å².